The maximum atomic E-state index is 12.4. The van der Waals surface area contributed by atoms with E-state index in [0.29, 0.717) is 17.8 Å². The van der Waals surface area contributed by atoms with Crippen molar-refractivity contribution in [3.63, 3.8) is 0 Å². The van der Waals surface area contributed by atoms with E-state index in [9.17, 15) is 4.79 Å². The molecular formula is C34H44N4O4. The number of nitrogens with one attached hydrogen (secondary N) is 3. The highest BCUT2D eigenvalue weighted by molar-refractivity contribution is 5.68. The minimum Gasteiger partial charge on any atom is -0.472 e. The Labute approximate surface area is 248 Å². The first-order valence-electron chi connectivity index (χ1n) is 15.4. The molecule has 5 atom stereocenters. The average molecular weight is 573 g/mol. The lowest BCUT2D eigenvalue weighted by atomic mass is 9.76. The fraction of sp³-hybridized carbons (Fsp3) is 0.529. The zero-order chi connectivity index (χ0) is 29.4. The fourth-order valence-electron chi connectivity index (χ4n) is 7.28. The summed E-state index contributed by atoms with van der Waals surface area (Å²) >= 11 is 0. The number of aromatic amines is 1. The zero-order valence-corrected chi connectivity index (χ0v) is 25.5. The van der Waals surface area contributed by atoms with Crippen LogP contribution in [0, 0.1) is 31.1 Å². The minimum absolute atomic E-state index is 0.00185. The van der Waals surface area contributed by atoms with E-state index >= 15 is 0 Å². The summed E-state index contributed by atoms with van der Waals surface area (Å²) in [5.41, 5.74) is 6.03. The first-order chi connectivity index (χ1) is 20.3. The SMILES string of the molecule is CC[C@H](NCCc1ccc2c(c1)OCO2)c1c(O[C@@H]([C@H]2[C@@H]3CC[C@@H]2NC3)C(C)(C)C=O)n[nH]c1-c1cc(C)cc(C)c1. The first-order valence-corrected chi connectivity index (χ1v) is 15.4. The number of carbonyl (C=O) groups excluding carboxylic acids is 1. The van der Waals surface area contributed by atoms with Crippen LogP contribution in [0.5, 0.6) is 17.4 Å². The van der Waals surface area contributed by atoms with Gasteiger partial charge in [-0.25, -0.2) is 0 Å². The van der Waals surface area contributed by atoms with Gasteiger partial charge in [0.1, 0.15) is 12.4 Å². The molecule has 1 aromatic heterocycles. The van der Waals surface area contributed by atoms with Crippen LogP contribution in [0.3, 0.4) is 0 Å². The number of aldehydes is 1. The van der Waals surface area contributed by atoms with Gasteiger partial charge in [-0.3, -0.25) is 5.10 Å². The number of aromatic nitrogens is 2. The molecule has 2 fully saturated rings. The number of piperidine rings is 1. The van der Waals surface area contributed by atoms with Gasteiger partial charge in [0, 0.05) is 23.6 Å². The van der Waals surface area contributed by atoms with E-state index in [0.717, 1.165) is 67.0 Å². The number of hydrogen-bond donors (Lipinski definition) is 3. The predicted molar refractivity (Wildman–Crippen MR) is 163 cm³/mol. The van der Waals surface area contributed by atoms with Gasteiger partial charge in [0.2, 0.25) is 12.7 Å². The van der Waals surface area contributed by atoms with E-state index in [4.69, 9.17) is 19.3 Å². The van der Waals surface area contributed by atoms with E-state index in [2.05, 4.69) is 66.8 Å². The van der Waals surface area contributed by atoms with E-state index in [1.54, 1.807) is 0 Å². The topological polar surface area (TPSA) is 97.5 Å². The zero-order valence-electron chi connectivity index (χ0n) is 25.5. The number of benzene rings is 2. The summed E-state index contributed by atoms with van der Waals surface area (Å²) in [5, 5.41) is 15.6. The molecule has 2 bridgehead atoms. The van der Waals surface area contributed by atoms with Crippen molar-refractivity contribution >= 4 is 6.29 Å². The monoisotopic (exact) mass is 572 g/mol. The number of H-pyrrole nitrogens is 1. The molecule has 0 amide bonds. The molecule has 0 spiro atoms. The number of aryl methyl sites for hydroxylation is 2. The van der Waals surface area contributed by atoms with Crippen LogP contribution >= 0.6 is 0 Å². The summed E-state index contributed by atoms with van der Waals surface area (Å²) in [6, 6.07) is 13.1. The van der Waals surface area contributed by atoms with Crippen LogP contribution in [0.15, 0.2) is 36.4 Å². The molecule has 1 saturated carbocycles. The molecule has 1 saturated heterocycles. The van der Waals surface area contributed by atoms with Gasteiger partial charge in [-0.05, 0) is 102 Å². The summed E-state index contributed by atoms with van der Waals surface area (Å²) in [6.45, 7) is 12.5. The summed E-state index contributed by atoms with van der Waals surface area (Å²) in [5.74, 6) is 3.00. The molecule has 2 aromatic carbocycles. The van der Waals surface area contributed by atoms with Gasteiger partial charge in [0.05, 0.1) is 16.7 Å². The fourth-order valence-corrected chi connectivity index (χ4v) is 7.28. The van der Waals surface area contributed by atoms with E-state index < -0.39 is 5.41 Å². The number of hydrogen-bond acceptors (Lipinski definition) is 7. The number of fused-ring (bicyclic) bond motifs is 3. The summed E-state index contributed by atoms with van der Waals surface area (Å²) < 4.78 is 18.0. The van der Waals surface area contributed by atoms with Gasteiger partial charge in [-0.2, -0.15) is 0 Å². The first kappa shape index (κ1) is 28.7. The second kappa shape index (κ2) is 11.7. The van der Waals surface area contributed by atoms with E-state index in [1.807, 2.05) is 19.9 Å². The molecule has 0 radical (unpaired) electrons. The van der Waals surface area contributed by atoms with Crippen LogP contribution in [0.1, 0.15) is 68.3 Å². The summed E-state index contributed by atoms with van der Waals surface area (Å²) in [6.07, 6.45) is 4.79. The molecule has 6 rings (SSSR count). The Hall–Kier alpha value is -3.36. The van der Waals surface area contributed by atoms with Crippen molar-refractivity contribution in [1.82, 2.24) is 20.8 Å². The van der Waals surface area contributed by atoms with Crippen molar-refractivity contribution < 1.29 is 19.0 Å². The second-order valence-corrected chi connectivity index (χ2v) is 13.0. The highest BCUT2D eigenvalue weighted by Crippen LogP contribution is 2.46. The van der Waals surface area contributed by atoms with Crippen molar-refractivity contribution in [2.45, 2.75) is 78.5 Å². The van der Waals surface area contributed by atoms with Gasteiger partial charge < -0.3 is 29.6 Å². The highest BCUT2D eigenvalue weighted by atomic mass is 16.7. The molecule has 2 aliphatic heterocycles. The van der Waals surface area contributed by atoms with Crippen molar-refractivity contribution in [2.75, 3.05) is 19.9 Å². The van der Waals surface area contributed by atoms with E-state index in [-0.39, 0.29) is 24.9 Å². The summed E-state index contributed by atoms with van der Waals surface area (Å²) in [7, 11) is 0. The third-order valence-electron chi connectivity index (χ3n) is 9.40. The Morgan fingerprint density at radius 1 is 1.12 bits per heavy atom. The van der Waals surface area contributed by atoms with Crippen LogP contribution in [-0.2, 0) is 11.2 Å². The third kappa shape index (κ3) is 5.54. The Morgan fingerprint density at radius 2 is 1.90 bits per heavy atom. The molecule has 3 N–H and O–H groups in total. The van der Waals surface area contributed by atoms with Crippen LogP contribution < -0.4 is 24.8 Å². The lowest BCUT2D eigenvalue weighted by molar-refractivity contribution is -0.121. The van der Waals surface area contributed by atoms with Gasteiger partial charge in [-0.1, -0.05) is 30.2 Å². The van der Waals surface area contributed by atoms with Gasteiger partial charge >= 0.3 is 0 Å². The lowest BCUT2D eigenvalue weighted by Gasteiger charge is -2.36. The number of ether oxygens (including phenoxy) is 3. The molecule has 3 aliphatic rings. The number of rotatable bonds is 12. The van der Waals surface area contributed by atoms with Crippen LogP contribution in [-0.4, -0.2) is 48.5 Å². The lowest BCUT2D eigenvalue weighted by Crippen LogP contribution is -2.46. The van der Waals surface area contributed by atoms with Gasteiger partial charge in [0.15, 0.2) is 11.5 Å². The molecule has 3 aromatic rings. The van der Waals surface area contributed by atoms with Crippen LogP contribution in [0.2, 0.25) is 0 Å². The van der Waals surface area contributed by atoms with Crippen molar-refractivity contribution in [3.05, 3.63) is 58.7 Å². The maximum absolute atomic E-state index is 12.4. The molecule has 3 heterocycles. The minimum atomic E-state index is -0.650. The van der Waals surface area contributed by atoms with E-state index in [1.165, 1.54) is 23.1 Å². The normalized spacial score (nSPS) is 22.4. The highest BCUT2D eigenvalue weighted by Gasteiger charge is 2.51. The van der Waals surface area contributed by atoms with Crippen LogP contribution in [0.25, 0.3) is 11.3 Å². The molecule has 8 nitrogen and oxygen atoms in total. The molecular weight excluding hydrogens is 528 g/mol. The van der Waals surface area contributed by atoms with Crippen molar-refractivity contribution in [2.24, 2.45) is 17.3 Å². The number of nitrogens with zero attached hydrogens (tertiary/aromatic N) is 1. The Kier molecular flexibility index (Phi) is 8.03. The standard InChI is InChI=1S/C34H44N4O4/c1-6-25(35-12-11-22-7-10-27-28(16-22)41-19-40-27)30-31(24-14-20(2)13-21(3)15-24)37-38-33(30)42-32(34(4,5)18-39)29-23-8-9-26(29)36-17-23/h7,10,13-16,18,23,25-26,29,32,35-36H,6,8-9,11-12,17,19H2,1-5H3,(H,37,38)/t23-,25+,26+,29+,32+/m1/s1. The van der Waals surface area contributed by atoms with Crippen molar-refractivity contribution in [1.29, 1.82) is 0 Å². The van der Waals surface area contributed by atoms with Gasteiger partial charge in [0.25, 0.3) is 0 Å². The molecule has 0 unspecified atom stereocenters. The quantitative estimate of drug-likeness (QED) is 0.240. The third-order valence-corrected chi connectivity index (χ3v) is 9.40. The van der Waals surface area contributed by atoms with Crippen LogP contribution in [0.4, 0.5) is 0 Å². The largest absolute Gasteiger partial charge is 0.472 e. The molecule has 8 heteroatoms. The summed E-state index contributed by atoms with van der Waals surface area (Å²) in [4.78, 5) is 12.4. The number of carbonyl (C=O) groups is 1. The Balaban J connectivity index is 1.32. The van der Waals surface area contributed by atoms with Gasteiger partial charge in [-0.15, -0.1) is 5.10 Å². The molecule has 42 heavy (non-hydrogen) atoms. The molecule has 224 valence electrons. The van der Waals surface area contributed by atoms with Crippen molar-refractivity contribution in [3.8, 4) is 28.6 Å². The smallest absolute Gasteiger partial charge is 0.238 e. The second-order valence-electron chi connectivity index (χ2n) is 13.0. The average Bonchev–Trinajstić information content (AvgIpc) is 3.77. The predicted octanol–water partition coefficient (Wildman–Crippen LogP) is 5.68. The Bertz CT molecular complexity index is 1390. The Morgan fingerprint density at radius 3 is 2.57 bits per heavy atom. The maximum Gasteiger partial charge on any atom is 0.238 e. The molecule has 1 aliphatic carbocycles.